The number of nitrogens with one attached hydrogen (secondary N) is 1. The fourth-order valence-electron chi connectivity index (χ4n) is 4.43. The van der Waals surface area contributed by atoms with Gasteiger partial charge in [0.15, 0.2) is 0 Å². The minimum absolute atomic E-state index is 0.390. The minimum atomic E-state index is -0.870. The summed E-state index contributed by atoms with van der Waals surface area (Å²) in [6, 6.07) is 16.3. The van der Waals surface area contributed by atoms with Gasteiger partial charge < -0.3 is 15.0 Å². The molecule has 0 amide bonds. The van der Waals surface area contributed by atoms with Crippen LogP contribution in [0.5, 0.6) is 0 Å². The number of nitrogens with zero attached hydrogens (tertiary/aromatic N) is 1. The summed E-state index contributed by atoms with van der Waals surface area (Å²) >= 11 is 0. The molecule has 0 aliphatic heterocycles. The topological polar surface area (TPSA) is 54.3 Å². The van der Waals surface area contributed by atoms with Crippen molar-refractivity contribution in [3.8, 4) is 0 Å². The van der Waals surface area contributed by atoms with E-state index < -0.39 is 5.97 Å². The molecule has 1 aliphatic carbocycles. The predicted molar refractivity (Wildman–Crippen MR) is 122 cm³/mol. The number of fused-ring (bicyclic) bond motifs is 1. The summed E-state index contributed by atoms with van der Waals surface area (Å²) < 4.78 is 1.95. The normalized spacial score (nSPS) is 14.1. The number of carboxylic acids is 1. The van der Waals surface area contributed by atoms with Gasteiger partial charge in [0.2, 0.25) is 0 Å². The third-order valence-corrected chi connectivity index (χ3v) is 6.05. The van der Waals surface area contributed by atoms with E-state index in [0.717, 1.165) is 35.0 Å². The molecular formula is C26H30N2O2. The van der Waals surface area contributed by atoms with Gasteiger partial charge >= 0.3 is 5.97 Å². The molecule has 0 fully saturated rings. The van der Waals surface area contributed by atoms with Crippen LogP contribution in [0.3, 0.4) is 0 Å². The van der Waals surface area contributed by atoms with Gasteiger partial charge in [-0.3, -0.25) is 0 Å². The van der Waals surface area contributed by atoms with E-state index in [9.17, 15) is 9.90 Å². The second kappa shape index (κ2) is 9.31. The molecule has 2 N–H and O–H groups in total. The Bertz CT molecular complexity index is 1060. The van der Waals surface area contributed by atoms with Gasteiger partial charge in [-0.15, -0.1) is 0 Å². The molecular weight excluding hydrogens is 372 g/mol. The first-order valence-electron chi connectivity index (χ1n) is 10.9. The second-order valence-corrected chi connectivity index (χ2v) is 8.26. The van der Waals surface area contributed by atoms with E-state index in [1.165, 1.54) is 36.8 Å². The van der Waals surface area contributed by atoms with Crippen LogP contribution in [-0.2, 0) is 13.1 Å². The van der Waals surface area contributed by atoms with Crippen LogP contribution >= 0.6 is 0 Å². The molecule has 0 bridgehead atoms. The zero-order valence-electron chi connectivity index (χ0n) is 17.7. The van der Waals surface area contributed by atoms with Crippen LogP contribution in [0.15, 0.2) is 60.2 Å². The first-order chi connectivity index (χ1) is 14.6. The molecule has 1 aliphatic rings. The van der Waals surface area contributed by atoms with E-state index in [0.29, 0.717) is 18.8 Å². The maximum atomic E-state index is 12.3. The Balaban J connectivity index is 1.60. The molecule has 0 atom stereocenters. The van der Waals surface area contributed by atoms with E-state index in [4.69, 9.17) is 0 Å². The molecule has 0 radical (unpaired) electrons. The van der Waals surface area contributed by atoms with E-state index in [1.807, 2.05) is 28.8 Å². The Labute approximate surface area is 178 Å². The summed E-state index contributed by atoms with van der Waals surface area (Å²) in [7, 11) is 0. The van der Waals surface area contributed by atoms with Crippen LogP contribution < -0.4 is 5.32 Å². The van der Waals surface area contributed by atoms with Crippen molar-refractivity contribution in [1.29, 1.82) is 0 Å². The number of aryl methyl sites for hydroxylation is 1. The van der Waals surface area contributed by atoms with Crippen molar-refractivity contribution in [3.63, 3.8) is 0 Å². The summed E-state index contributed by atoms with van der Waals surface area (Å²) in [5.74, 6) is -0.870. The highest BCUT2D eigenvalue weighted by atomic mass is 16.4. The molecule has 0 unspecified atom stereocenters. The SMILES string of the molecule is Cc1ccc(Cn2c(C(=O)O)c(CNCCC3=CCCCC3)c3ccccc32)cc1. The van der Waals surface area contributed by atoms with Crippen molar-refractivity contribution in [2.24, 2.45) is 0 Å². The van der Waals surface area contributed by atoms with Gasteiger partial charge in [0.1, 0.15) is 5.69 Å². The summed E-state index contributed by atoms with van der Waals surface area (Å²) in [5, 5.41) is 14.6. The second-order valence-electron chi connectivity index (χ2n) is 8.26. The van der Waals surface area contributed by atoms with Crippen LogP contribution in [0.4, 0.5) is 0 Å². The maximum Gasteiger partial charge on any atom is 0.352 e. The molecule has 156 valence electrons. The highest BCUT2D eigenvalue weighted by Crippen LogP contribution is 2.28. The van der Waals surface area contributed by atoms with Crippen molar-refractivity contribution in [2.45, 2.75) is 52.1 Å². The van der Waals surface area contributed by atoms with Crippen molar-refractivity contribution in [2.75, 3.05) is 6.54 Å². The fourth-order valence-corrected chi connectivity index (χ4v) is 4.43. The molecule has 4 nitrogen and oxygen atoms in total. The first kappa shape index (κ1) is 20.4. The number of aromatic carboxylic acids is 1. The largest absolute Gasteiger partial charge is 0.477 e. The number of hydrogen-bond donors (Lipinski definition) is 2. The van der Waals surface area contributed by atoms with Crippen LogP contribution in [-0.4, -0.2) is 22.2 Å². The number of rotatable bonds is 8. The van der Waals surface area contributed by atoms with Crippen molar-refractivity contribution in [1.82, 2.24) is 9.88 Å². The van der Waals surface area contributed by atoms with Crippen molar-refractivity contribution in [3.05, 3.63) is 82.6 Å². The molecule has 2 aromatic carbocycles. The highest BCUT2D eigenvalue weighted by Gasteiger charge is 2.22. The quantitative estimate of drug-likeness (QED) is 0.377. The van der Waals surface area contributed by atoms with E-state index >= 15 is 0 Å². The molecule has 4 rings (SSSR count). The number of hydrogen-bond acceptors (Lipinski definition) is 2. The Morgan fingerprint density at radius 3 is 2.63 bits per heavy atom. The monoisotopic (exact) mass is 402 g/mol. The molecule has 0 saturated carbocycles. The third-order valence-electron chi connectivity index (χ3n) is 6.05. The molecule has 1 aromatic heterocycles. The lowest BCUT2D eigenvalue weighted by molar-refractivity contribution is 0.0685. The molecule has 0 saturated heterocycles. The van der Waals surface area contributed by atoms with Crippen LogP contribution in [0.2, 0.25) is 0 Å². The maximum absolute atomic E-state index is 12.3. The van der Waals surface area contributed by atoms with Crippen LogP contribution in [0.25, 0.3) is 10.9 Å². The zero-order valence-corrected chi connectivity index (χ0v) is 17.7. The molecule has 1 heterocycles. The van der Waals surface area contributed by atoms with E-state index in [2.05, 4.69) is 42.6 Å². The Hall–Kier alpha value is -2.85. The summed E-state index contributed by atoms with van der Waals surface area (Å²) in [4.78, 5) is 12.3. The number of aromatic nitrogens is 1. The number of allylic oxidation sites excluding steroid dienone is 1. The van der Waals surface area contributed by atoms with Gasteiger partial charge in [-0.2, -0.15) is 0 Å². The average molecular weight is 403 g/mol. The smallest absolute Gasteiger partial charge is 0.352 e. The third kappa shape index (κ3) is 4.49. The van der Waals surface area contributed by atoms with E-state index in [-0.39, 0.29) is 0 Å². The predicted octanol–water partition coefficient (Wildman–Crippen LogP) is 5.68. The van der Waals surface area contributed by atoms with Crippen LogP contribution in [0, 0.1) is 6.92 Å². The van der Waals surface area contributed by atoms with Gasteiger partial charge in [-0.1, -0.05) is 59.7 Å². The molecule has 3 aromatic rings. The Kier molecular flexibility index (Phi) is 6.34. The number of carboxylic acid groups (broad SMARTS) is 1. The zero-order chi connectivity index (χ0) is 20.9. The van der Waals surface area contributed by atoms with Gasteiger partial charge in [0.25, 0.3) is 0 Å². The van der Waals surface area contributed by atoms with Gasteiger partial charge in [0, 0.05) is 29.6 Å². The van der Waals surface area contributed by atoms with Gasteiger partial charge in [-0.05, 0) is 57.2 Å². The van der Waals surface area contributed by atoms with Crippen LogP contribution in [0.1, 0.15) is 59.3 Å². The molecule has 30 heavy (non-hydrogen) atoms. The van der Waals surface area contributed by atoms with E-state index in [1.54, 1.807) is 0 Å². The summed E-state index contributed by atoms with van der Waals surface area (Å²) in [5.41, 5.74) is 6.08. The lowest BCUT2D eigenvalue weighted by Gasteiger charge is -2.13. The van der Waals surface area contributed by atoms with Gasteiger partial charge in [0.05, 0.1) is 0 Å². The lowest BCUT2D eigenvalue weighted by atomic mass is 9.97. The standard InChI is InChI=1S/C26H30N2O2/c1-19-11-13-21(14-12-19)18-28-24-10-6-5-9-22(24)23(25(28)26(29)30)17-27-16-15-20-7-3-2-4-8-20/h5-7,9-14,27H,2-4,8,15-18H2,1H3,(H,29,30). The van der Waals surface area contributed by atoms with Gasteiger partial charge in [-0.25, -0.2) is 4.79 Å². The summed E-state index contributed by atoms with van der Waals surface area (Å²) in [6.45, 7) is 4.05. The fraction of sp³-hybridized carbons (Fsp3) is 0.346. The average Bonchev–Trinajstić information content (AvgIpc) is 3.07. The minimum Gasteiger partial charge on any atom is -0.477 e. The van der Waals surface area contributed by atoms with Crippen molar-refractivity contribution >= 4 is 16.9 Å². The highest BCUT2D eigenvalue weighted by molar-refractivity contribution is 5.98. The van der Waals surface area contributed by atoms with Crippen molar-refractivity contribution < 1.29 is 9.90 Å². The summed E-state index contributed by atoms with van der Waals surface area (Å²) in [6.07, 6.45) is 8.43. The molecule has 4 heteroatoms. The first-order valence-corrected chi connectivity index (χ1v) is 10.9. The Morgan fingerprint density at radius 1 is 1.10 bits per heavy atom. The molecule has 0 spiro atoms. The number of benzene rings is 2. The number of para-hydroxylation sites is 1. The lowest BCUT2D eigenvalue weighted by Crippen LogP contribution is -2.19. The number of carbonyl (C=O) groups is 1. The Morgan fingerprint density at radius 2 is 1.90 bits per heavy atom.